The minimum absolute atomic E-state index is 0. The quantitative estimate of drug-likeness (QED) is 0.314. The molecule has 0 saturated carbocycles. The van der Waals surface area contributed by atoms with E-state index in [1.165, 1.54) is 0 Å². The number of nitrogens with zero attached hydrogens (tertiary/aromatic N) is 2. The third-order valence-electron chi connectivity index (χ3n) is 5.24. The highest BCUT2D eigenvalue weighted by Gasteiger charge is 2.34. The van der Waals surface area contributed by atoms with Crippen molar-refractivity contribution >= 4 is 29.9 Å². The second-order valence-electron chi connectivity index (χ2n) is 7.53. The number of alkyl halides is 3. The van der Waals surface area contributed by atoms with E-state index in [0.29, 0.717) is 24.6 Å². The van der Waals surface area contributed by atoms with Gasteiger partial charge >= 0.3 is 6.18 Å². The molecule has 0 radical (unpaired) electrons. The summed E-state index contributed by atoms with van der Waals surface area (Å²) < 4.78 is 48.1. The van der Waals surface area contributed by atoms with Crippen molar-refractivity contribution in [3.8, 4) is 5.75 Å². The largest absolute Gasteiger partial charge is 0.484 e. The molecule has 2 N–H and O–H groups in total. The van der Waals surface area contributed by atoms with Crippen molar-refractivity contribution in [2.24, 2.45) is 4.99 Å². The standard InChI is InChI=1S/C20H31F3N4O2.HI/c1-15-5-6-16(17(11-15)29-14-20(21,22)23)12-25-18(24-2)26-13-19(27(3)4)7-9-28-10-8-19;/h5-6,11H,7-10,12-14H2,1-4H3,(H2,24,25,26);1H. The Bertz CT molecular complexity index is 693. The first-order valence-electron chi connectivity index (χ1n) is 9.64. The van der Waals surface area contributed by atoms with E-state index in [2.05, 4.69) is 34.6 Å². The van der Waals surface area contributed by atoms with Crippen LogP contribution in [0.25, 0.3) is 0 Å². The van der Waals surface area contributed by atoms with E-state index >= 15 is 0 Å². The molecule has 6 nitrogen and oxygen atoms in total. The Kier molecular flexibility index (Phi) is 10.7. The molecule has 0 atom stereocenters. The molecule has 0 aliphatic carbocycles. The Morgan fingerprint density at radius 2 is 1.90 bits per heavy atom. The lowest BCUT2D eigenvalue weighted by Crippen LogP contribution is -2.57. The molecule has 1 aromatic rings. The Morgan fingerprint density at radius 1 is 1.23 bits per heavy atom. The van der Waals surface area contributed by atoms with Gasteiger partial charge in [0.15, 0.2) is 12.6 Å². The van der Waals surface area contributed by atoms with Crippen LogP contribution in [0.2, 0.25) is 0 Å². The molecule has 1 aromatic carbocycles. The van der Waals surface area contributed by atoms with Gasteiger partial charge in [0.2, 0.25) is 0 Å². The van der Waals surface area contributed by atoms with Gasteiger partial charge < -0.3 is 25.0 Å². The van der Waals surface area contributed by atoms with Crippen molar-refractivity contribution in [3.05, 3.63) is 29.3 Å². The van der Waals surface area contributed by atoms with Gasteiger partial charge in [0.1, 0.15) is 5.75 Å². The van der Waals surface area contributed by atoms with Crippen LogP contribution in [0.3, 0.4) is 0 Å². The van der Waals surface area contributed by atoms with Crippen molar-refractivity contribution in [3.63, 3.8) is 0 Å². The number of aryl methyl sites for hydroxylation is 1. The van der Waals surface area contributed by atoms with E-state index in [-0.39, 0.29) is 35.3 Å². The summed E-state index contributed by atoms with van der Waals surface area (Å²) in [6.45, 7) is 2.92. The van der Waals surface area contributed by atoms with Crippen LogP contribution in [0.5, 0.6) is 5.75 Å². The molecular weight excluding hydrogens is 512 g/mol. The van der Waals surface area contributed by atoms with Crippen molar-refractivity contribution in [1.82, 2.24) is 15.5 Å². The molecule has 1 aliphatic heterocycles. The second-order valence-corrected chi connectivity index (χ2v) is 7.53. The number of ether oxygens (including phenoxy) is 2. The van der Waals surface area contributed by atoms with Gasteiger partial charge in [-0.3, -0.25) is 4.99 Å². The van der Waals surface area contributed by atoms with E-state index < -0.39 is 12.8 Å². The van der Waals surface area contributed by atoms with E-state index in [0.717, 1.165) is 31.6 Å². The maximum atomic E-state index is 12.5. The first kappa shape index (κ1) is 26.8. The summed E-state index contributed by atoms with van der Waals surface area (Å²) >= 11 is 0. The van der Waals surface area contributed by atoms with Crippen molar-refractivity contribution in [2.45, 2.75) is 38.0 Å². The first-order chi connectivity index (χ1) is 13.6. The second kappa shape index (κ2) is 11.9. The van der Waals surface area contributed by atoms with Gasteiger partial charge in [-0.2, -0.15) is 13.2 Å². The summed E-state index contributed by atoms with van der Waals surface area (Å²) in [5.41, 5.74) is 1.44. The molecular formula is C20H32F3IN4O2. The highest BCUT2D eigenvalue weighted by molar-refractivity contribution is 14.0. The fraction of sp³-hybridized carbons (Fsp3) is 0.650. The van der Waals surface area contributed by atoms with Crippen molar-refractivity contribution in [2.75, 3.05) is 47.5 Å². The number of hydrogen-bond donors (Lipinski definition) is 2. The molecule has 0 unspecified atom stereocenters. The minimum atomic E-state index is -4.38. The topological polar surface area (TPSA) is 58.1 Å². The van der Waals surface area contributed by atoms with Crippen LogP contribution in [-0.4, -0.2) is 70.1 Å². The predicted molar refractivity (Wildman–Crippen MR) is 123 cm³/mol. The normalized spacial score (nSPS) is 16.7. The Hall–Kier alpha value is -1.27. The maximum Gasteiger partial charge on any atom is 0.422 e. The highest BCUT2D eigenvalue weighted by atomic mass is 127. The van der Waals surface area contributed by atoms with Crippen LogP contribution in [-0.2, 0) is 11.3 Å². The van der Waals surface area contributed by atoms with Crippen molar-refractivity contribution < 1.29 is 22.6 Å². The molecule has 0 amide bonds. The van der Waals surface area contributed by atoms with Crippen LogP contribution < -0.4 is 15.4 Å². The third-order valence-corrected chi connectivity index (χ3v) is 5.24. The van der Waals surface area contributed by atoms with Crippen LogP contribution in [0.4, 0.5) is 13.2 Å². The first-order valence-corrected chi connectivity index (χ1v) is 9.64. The number of likely N-dealkylation sites (N-methyl/N-ethyl adjacent to an activating group) is 1. The molecule has 1 aliphatic rings. The third kappa shape index (κ3) is 8.10. The number of nitrogens with one attached hydrogen (secondary N) is 2. The molecule has 0 aromatic heterocycles. The fourth-order valence-electron chi connectivity index (χ4n) is 3.28. The summed E-state index contributed by atoms with van der Waals surface area (Å²) in [7, 11) is 5.78. The van der Waals surface area contributed by atoms with E-state index in [1.54, 1.807) is 19.2 Å². The summed E-state index contributed by atoms with van der Waals surface area (Å²) in [5, 5.41) is 6.51. The number of aliphatic imine (C=N–C) groups is 1. The summed E-state index contributed by atoms with van der Waals surface area (Å²) in [4.78, 5) is 6.44. The van der Waals surface area contributed by atoms with Crippen LogP contribution >= 0.6 is 24.0 Å². The molecule has 172 valence electrons. The Balaban J connectivity index is 0.00000450. The fourth-order valence-corrected chi connectivity index (χ4v) is 3.28. The Labute approximate surface area is 193 Å². The number of guanidine groups is 1. The monoisotopic (exact) mass is 544 g/mol. The molecule has 0 bridgehead atoms. The molecule has 1 heterocycles. The van der Waals surface area contributed by atoms with Gasteiger partial charge in [-0.15, -0.1) is 24.0 Å². The average Bonchev–Trinajstić information content (AvgIpc) is 2.67. The van der Waals surface area contributed by atoms with Gasteiger partial charge in [0, 0.05) is 44.5 Å². The number of halogens is 4. The molecule has 1 fully saturated rings. The number of hydrogen-bond acceptors (Lipinski definition) is 4. The molecule has 10 heteroatoms. The molecule has 1 saturated heterocycles. The van der Waals surface area contributed by atoms with Crippen molar-refractivity contribution in [1.29, 1.82) is 0 Å². The van der Waals surface area contributed by atoms with E-state index in [1.807, 2.05) is 13.0 Å². The molecule has 0 spiro atoms. The smallest absolute Gasteiger partial charge is 0.422 e. The Morgan fingerprint density at radius 3 is 2.47 bits per heavy atom. The van der Waals surface area contributed by atoms with E-state index in [4.69, 9.17) is 9.47 Å². The molecule has 30 heavy (non-hydrogen) atoms. The number of rotatable bonds is 7. The zero-order chi connectivity index (χ0) is 21.5. The lowest BCUT2D eigenvalue weighted by Gasteiger charge is -2.43. The minimum Gasteiger partial charge on any atom is -0.484 e. The molecule has 2 rings (SSSR count). The number of benzene rings is 1. The van der Waals surface area contributed by atoms with Gasteiger partial charge in [-0.1, -0.05) is 12.1 Å². The lowest BCUT2D eigenvalue weighted by molar-refractivity contribution is -0.153. The zero-order valence-electron chi connectivity index (χ0n) is 17.9. The van der Waals surface area contributed by atoms with Gasteiger partial charge in [0.25, 0.3) is 0 Å². The van der Waals surface area contributed by atoms with Crippen LogP contribution in [0.15, 0.2) is 23.2 Å². The summed E-state index contributed by atoms with van der Waals surface area (Å²) in [6, 6.07) is 5.22. The van der Waals surface area contributed by atoms with Gasteiger partial charge in [-0.05, 0) is 45.5 Å². The highest BCUT2D eigenvalue weighted by Crippen LogP contribution is 2.25. The SMILES string of the molecule is CN=C(NCc1ccc(C)cc1OCC(F)(F)F)NCC1(N(C)C)CCOCC1.I. The lowest BCUT2D eigenvalue weighted by atomic mass is 9.88. The zero-order valence-corrected chi connectivity index (χ0v) is 20.3. The average molecular weight is 544 g/mol. The predicted octanol–water partition coefficient (Wildman–Crippen LogP) is 3.33. The maximum absolute atomic E-state index is 12.5. The van der Waals surface area contributed by atoms with Gasteiger partial charge in [-0.25, -0.2) is 0 Å². The summed E-state index contributed by atoms with van der Waals surface area (Å²) in [6.07, 6.45) is -2.55. The van der Waals surface area contributed by atoms with E-state index in [9.17, 15) is 13.2 Å². The van der Waals surface area contributed by atoms with Crippen LogP contribution in [0.1, 0.15) is 24.0 Å². The van der Waals surface area contributed by atoms with Crippen LogP contribution in [0, 0.1) is 6.92 Å². The summed E-state index contributed by atoms with van der Waals surface area (Å²) in [5.74, 6) is 0.805. The van der Waals surface area contributed by atoms with Gasteiger partial charge in [0.05, 0.1) is 0 Å².